The molecule has 0 bridgehead atoms. The maximum absolute atomic E-state index is 13.1. The molecule has 1 aliphatic heterocycles. The van der Waals surface area contributed by atoms with Crippen molar-refractivity contribution in [3.8, 4) is 5.82 Å². The molecule has 2 N–H and O–H groups in total. The van der Waals surface area contributed by atoms with Crippen molar-refractivity contribution in [2.24, 2.45) is 0 Å². The number of benzene rings is 1. The van der Waals surface area contributed by atoms with E-state index in [0.717, 1.165) is 18.8 Å². The van der Waals surface area contributed by atoms with Gasteiger partial charge in [-0.25, -0.2) is 19.3 Å². The van der Waals surface area contributed by atoms with Crippen LogP contribution >= 0.6 is 0 Å². The minimum Gasteiger partial charge on any atom is -0.384 e. The maximum Gasteiger partial charge on any atom is 0.278 e. The highest BCUT2D eigenvalue weighted by molar-refractivity contribution is 5.77. The first-order chi connectivity index (χ1) is 16.2. The van der Waals surface area contributed by atoms with E-state index < -0.39 is 5.60 Å². The van der Waals surface area contributed by atoms with Crippen LogP contribution in [-0.2, 0) is 25.2 Å². The van der Waals surface area contributed by atoms with Crippen LogP contribution in [0.4, 0.5) is 11.6 Å². The summed E-state index contributed by atoms with van der Waals surface area (Å²) in [4.78, 5) is 29.1. The molecule has 9 nitrogen and oxygen atoms in total. The highest BCUT2D eigenvalue weighted by Crippen LogP contribution is 2.26. The molecule has 5 rings (SSSR count). The maximum atomic E-state index is 13.1. The molecule has 1 aliphatic rings. The summed E-state index contributed by atoms with van der Waals surface area (Å²) < 4.78 is 3.16. The molecule has 4 heterocycles. The molecule has 1 aromatic carbocycles. The smallest absolute Gasteiger partial charge is 0.278 e. The lowest BCUT2D eigenvalue weighted by Gasteiger charge is -2.18. The van der Waals surface area contributed by atoms with Crippen molar-refractivity contribution in [2.45, 2.75) is 39.1 Å². The molecule has 174 valence electrons. The van der Waals surface area contributed by atoms with Crippen molar-refractivity contribution < 1.29 is 5.11 Å². The van der Waals surface area contributed by atoms with E-state index in [0.29, 0.717) is 28.5 Å². The second-order valence-electron chi connectivity index (χ2n) is 9.14. The second kappa shape index (κ2) is 8.19. The summed E-state index contributed by atoms with van der Waals surface area (Å²) in [5, 5.41) is 14.1. The van der Waals surface area contributed by atoms with Gasteiger partial charge in [-0.15, -0.1) is 6.58 Å². The van der Waals surface area contributed by atoms with E-state index in [-0.39, 0.29) is 12.1 Å². The Balaban J connectivity index is 1.62. The first-order valence-electron chi connectivity index (χ1n) is 11.1. The normalized spacial score (nSPS) is 13.9. The van der Waals surface area contributed by atoms with Gasteiger partial charge < -0.3 is 10.4 Å². The topological polar surface area (TPSA) is 101 Å². The number of anilines is 2. The number of nitrogens with one attached hydrogen (secondary N) is 1. The average Bonchev–Trinajstić information content (AvgIpc) is 3.29. The summed E-state index contributed by atoms with van der Waals surface area (Å²) >= 11 is 0. The zero-order valence-electron chi connectivity index (χ0n) is 19.5. The highest BCUT2D eigenvalue weighted by Gasteiger charge is 2.22. The monoisotopic (exact) mass is 457 g/mol. The molecular formula is C25H27N7O2. The van der Waals surface area contributed by atoms with Crippen molar-refractivity contribution in [1.29, 1.82) is 0 Å². The van der Waals surface area contributed by atoms with Crippen LogP contribution in [0.3, 0.4) is 0 Å². The van der Waals surface area contributed by atoms with E-state index in [1.807, 2.05) is 6.07 Å². The van der Waals surface area contributed by atoms with Crippen LogP contribution in [-0.4, -0.2) is 41.4 Å². The third kappa shape index (κ3) is 3.89. The fourth-order valence-corrected chi connectivity index (χ4v) is 4.26. The Hall–Kier alpha value is -3.82. The lowest BCUT2D eigenvalue weighted by molar-refractivity contribution is 0.0738. The third-order valence-corrected chi connectivity index (χ3v) is 5.90. The predicted molar refractivity (Wildman–Crippen MR) is 131 cm³/mol. The number of rotatable bonds is 6. The van der Waals surface area contributed by atoms with Crippen molar-refractivity contribution in [3.05, 3.63) is 82.4 Å². The molecule has 9 heteroatoms. The van der Waals surface area contributed by atoms with Gasteiger partial charge in [0.15, 0.2) is 11.5 Å². The number of nitrogens with zero attached hydrogens (tertiary/aromatic N) is 6. The molecule has 0 amide bonds. The van der Waals surface area contributed by atoms with E-state index in [1.165, 1.54) is 22.0 Å². The average molecular weight is 458 g/mol. The van der Waals surface area contributed by atoms with Gasteiger partial charge in [-0.3, -0.25) is 9.69 Å². The Morgan fingerprint density at radius 2 is 1.97 bits per heavy atom. The number of aliphatic hydroxyl groups is 1. The molecule has 0 saturated carbocycles. The quantitative estimate of drug-likeness (QED) is 0.429. The second-order valence-corrected chi connectivity index (χ2v) is 9.14. The van der Waals surface area contributed by atoms with Gasteiger partial charge >= 0.3 is 0 Å². The Bertz CT molecular complexity index is 1460. The van der Waals surface area contributed by atoms with Gasteiger partial charge in [0.1, 0.15) is 11.0 Å². The standard InChI is InChI=1S/C25H27N7O2/c1-5-11-31-23(33)19-13-26-24(27-18-10-9-16-14-30(4)15-17(16)12-18)29-22(19)32(31)21-8-6-7-20(28-21)25(2,3)34/h5-10,12-13,34H,1,11,14-15H2,2-4H3,(H,26,27,29). The molecule has 0 radical (unpaired) electrons. The predicted octanol–water partition coefficient (Wildman–Crippen LogP) is 3.08. The fraction of sp³-hybridized carbons (Fsp3) is 0.280. The van der Waals surface area contributed by atoms with Gasteiger partial charge in [-0.05, 0) is 56.3 Å². The zero-order valence-corrected chi connectivity index (χ0v) is 19.5. The molecule has 0 saturated heterocycles. The molecular weight excluding hydrogens is 430 g/mol. The first-order valence-corrected chi connectivity index (χ1v) is 11.1. The number of hydrogen-bond donors (Lipinski definition) is 2. The van der Waals surface area contributed by atoms with Gasteiger partial charge in [0, 0.05) is 25.0 Å². The molecule has 34 heavy (non-hydrogen) atoms. The molecule has 0 spiro atoms. The lowest BCUT2D eigenvalue weighted by atomic mass is 10.1. The fourth-order valence-electron chi connectivity index (χ4n) is 4.26. The van der Waals surface area contributed by atoms with Gasteiger partial charge in [-0.1, -0.05) is 18.2 Å². The summed E-state index contributed by atoms with van der Waals surface area (Å²) in [5.41, 5.74) is 3.01. The van der Waals surface area contributed by atoms with Crippen LogP contribution in [0.2, 0.25) is 0 Å². The molecule has 0 atom stereocenters. The number of fused-ring (bicyclic) bond motifs is 2. The van der Waals surface area contributed by atoms with E-state index in [4.69, 9.17) is 0 Å². The van der Waals surface area contributed by atoms with Crippen LogP contribution in [0, 0.1) is 0 Å². The summed E-state index contributed by atoms with van der Waals surface area (Å²) in [6, 6.07) is 11.6. The molecule has 4 aromatic rings. The van der Waals surface area contributed by atoms with Crippen molar-refractivity contribution >= 4 is 22.7 Å². The van der Waals surface area contributed by atoms with E-state index in [2.05, 4.69) is 50.9 Å². The van der Waals surface area contributed by atoms with E-state index in [9.17, 15) is 9.90 Å². The Morgan fingerprint density at radius 3 is 2.74 bits per heavy atom. The number of aromatic nitrogens is 5. The largest absolute Gasteiger partial charge is 0.384 e. The summed E-state index contributed by atoms with van der Waals surface area (Å²) in [5.74, 6) is 0.848. The van der Waals surface area contributed by atoms with Crippen LogP contribution in [0.1, 0.15) is 30.7 Å². The molecule has 3 aromatic heterocycles. The van der Waals surface area contributed by atoms with Crippen LogP contribution in [0.15, 0.2) is 60.0 Å². The summed E-state index contributed by atoms with van der Waals surface area (Å²) in [6.07, 6.45) is 3.18. The summed E-state index contributed by atoms with van der Waals surface area (Å²) in [6.45, 7) is 9.23. The van der Waals surface area contributed by atoms with Crippen molar-refractivity contribution in [2.75, 3.05) is 12.4 Å². The van der Waals surface area contributed by atoms with Gasteiger partial charge in [0.2, 0.25) is 5.95 Å². The van der Waals surface area contributed by atoms with Crippen LogP contribution in [0.25, 0.3) is 16.9 Å². The van der Waals surface area contributed by atoms with Gasteiger partial charge in [-0.2, -0.15) is 4.98 Å². The number of hydrogen-bond acceptors (Lipinski definition) is 7. The molecule has 0 aliphatic carbocycles. The Kier molecular flexibility index (Phi) is 5.30. The Labute approximate surface area is 197 Å². The molecule has 0 fully saturated rings. The third-order valence-electron chi connectivity index (χ3n) is 5.90. The van der Waals surface area contributed by atoms with Crippen LogP contribution in [0.5, 0.6) is 0 Å². The minimum absolute atomic E-state index is 0.238. The highest BCUT2D eigenvalue weighted by atomic mass is 16.3. The zero-order chi connectivity index (χ0) is 24.0. The van der Waals surface area contributed by atoms with Gasteiger partial charge in [0.25, 0.3) is 5.56 Å². The van der Waals surface area contributed by atoms with E-state index in [1.54, 1.807) is 42.8 Å². The SMILES string of the molecule is C=CCn1c(=O)c2cnc(Nc3ccc4c(c3)CN(C)C4)nc2n1-c1cccc(C(C)(C)O)n1. The Morgan fingerprint density at radius 1 is 1.18 bits per heavy atom. The number of pyridine rings is 1. The van der Waals surface area contributed by atoms with Crippen molar-refractivity contribution in [3.63, 3.8) is 0 Å². The lowest BCUT2D eigenvalue weighted by Crippen LogP contribution is -2.23. The molecule has 0 unspecified atom stereocenters. The number of allylic oxidation sites excluding steroid dienone is 1. The van der Waals surface area contributed by atoms with E-state index >= 15 is 0 Å². The first kappa shape index (κ1) is 22.0. The van der Waals surface area contributed by atoms with Crippen LogP contribution < -0.4 is 10.9 Å². The minimum atomic E-state index is -1.13. The van der Waals surface area contributed by atoms with Crippen molar-refractivity contribution in [1.82, 2.24) is 29.2 Å². The summed E-state index contributed by atoms with van der Waals surface area (Å²) in [7, 11) is 2.10. The van der Waals surface area contributed by atoms with Gasteiger partial charge in [0.05, 0.1) is 12.2 Å².